The number of aliphatic hydroxyl groups is 1. The largest absolute Gasteiger partial charge is 0.393 e. The molecule has 1 saturated heterocycles. The number of nitrogens with one attached hydrogen (secondary N) is 1. The van der Waals surface area contributed by atoms with Crippen LogP contribution in [0.3, 0.4) is 0 Å². The average Bonchev–Trinajstić information content (AvgIpc) is 2.26. The van der Waals surface area contributed by atoms with Gasteiger partial charge in [-0.3, -0.25) is 15.1 Å². The van der Waals surface area contributed by atoms with Crippen molar-refractivity contribution in [3.05, 3.63) is 0 Å². The SMILES string of the molecule is COCC(C(=O)NN)N1CCC(O)CC1. The van der Waals surface area contributed by atoms with Crippen LogP contribution >= 0.6 is 0 Å². The van der Waals surface area contributed by atoms with E-state index in [1.807, 2.05) is 4.90 Å². The number of hydrazine groups is 1. The highest BCUT2D eigenvalue weighted by molar-refractivity contribution is 5.81. The Morgan fingerprint density at radius 2 is 2.27 bits per heavy atom. The summed E-state index contributed by atoms with van der Waals surface area (Å²) in [5.41, 5.74) is 2.14. The molecule has 1 aliphatic rings. The van der Waals surface area contributed by atoms with Gasteiger partial charge in [0.15, 0.2) is 0 Å². The minimum Gasteiger partial charge on any atom is -0.393 e. The quantitative estimate of drug-likeness (QED) is 0.301. The second-order valence-electron chi connectivity index (χ2n) is 3.75. The Hall–Kier alpha value is -0.690. The third-order valence-corrected chi connectivity index (χ3v) is 2.71. The van der Waals surface area contributed by atoms with Gasteiger partial charge in [-0.1, -0.05) is 0 Å². The maximum atomic E-state index is 11.5. The number of piperidine rings is 1. The lowest BCUT2D eigenvalue weighted by Gasteiger charge is -2.34. The molecule has 1 aliphatic heterocycles. The Morgan fingerprint density at radius 1 is 1.67 bits per heavy atom. The summed E-state index contributed by atoms with van der Waals surface area (Å²) in [6.07, 6.45) is 1.14. The van der Waals surface area contributed by atoms with Crippen molar-refractivity contribution in [1.29, 1.82) is 0 Å². The van der Waals surface area contributed by atoms with Gasteiger partial charge in [0.05, 0.1) is 12.7 Å². The van der Waals surface area contributed by atoms with Gasteiger partial charge in [0, 0.05) is 20.2 Å². The molecule has 1 heterocycles. The Kier molecular flexibility index (Phi) is 4.97. The van der Waals surface area contributed by atoms with E-state index in [1.54, 1.807) is 7.11 Å². The number of aliphatic hydroxyl groups excluding tert-OH is 1. The number of hydrogen-bond acceptors (Lipinski definition) is 5. The fourth-order valence-electron chi connectivity index (χ4n) is 1.80. The first-order valence-corrected chi connectivity index (χ1v) is 5.10. The lowest BCUT2D eigenvalue weighted by molar-refractivity contribution is -0.129. The first kappa shape index (κ1) is 12.4. The molecule has 1 atom stereocenters. The van der Waals surface area contributed by atoms with Crippen molar-refractivity contribution < 1.29 is 14.6 Å². The summed E-state index contributed by atoms with van der Waals surface area (Å²) < 4.78 is 4.99. The van der Waals surface area contributed by atoms with Gasteiger partial charge in [-0.05, 0) is 12.8 Å². The van der Waals surface area contributed by atoms with Crippen molar-refractivity contribution in [2.45, 2.75) is 25.0 Å². The molecule has 88 valence electrons. The molecule has 0 saturated carbocycles. The van der Waals surface area contributed by atoms with Crippen molar-refractivity contribution in [2.24, 2.45) is 5.84 Å². The zero-order valence-corrected chi connectivity index (χ0v) is 8.98. The number of methoxy groups -OCH3 is 1. The molecule has 0 radical (unpaired) electrons. The summed E-state index contributed by atoms with van der Waals surface area (Å²) in [6, 6.07) is -0.354. The summed E-state index contributed by atoms with van der Waals surface area (Å²) in [7, 11) is 1.55. The van der Waals surface area contributed by atoms with Gasteiger partial charge >= 0.3 is 0 Å². The first-order chi connectivity index (χ1) is 7.19. The Bertz CT molecular complexity index is 205. The average molecular weight is 217 g/mol. The third kappa shape index (κ3) is 3.42. The molecule has 0 spiro atoms. The van der Waals surface area contributed by atoms with Crippen LogP contribution in [0, 0.1) is 0 Å². The zero-order chi connectivity index (χ0) is 11.3. The summed E-state index contributed by atoms with van der Waals surface area (Å²) >= 11 is 0. The number of nitrogens with zero attached hydrogens (tertiary/aromatic N) is 1. The van der Waals surface area contributed by atoms with E-state index in [9.17, 15) is 9.90 Å². The van der Waals surface area contributed by atoms with Crippen molar-refractivity contribution in [3.8, 4) is 0 Å². The number of hydrogen-bond donors (Lipinski definition) is 3. The van der Waals surface area contributed by atoms with E-state index in [2.05, 4.69) is 5.43 Å². The van der Waals surface area contributed by atoms with Gasteiger partial charge in [-0.25, -0.2) is 5.84 Å². The van der Waals surface area contributed by atoms with Crippen LogP contribution in [-0.2, 0) is 9.53 Å². The molecule has 1 unspecified atom stereocenters. The maximum Gasteiger partial charge on any atom is 0.253 e. The minimum absolute atomic E-state index is 0.242. The molecule has 0 bridgehead atoms. The molecule has 0 aromatic heterocycles. The number of nitrogens with two attached hydrogens (primary N) is 1. The highest BCUT2D eigenvalue weighted by atomic mass is 16.5. The molecule has 6 heteroatoms. The summed E-state index contributed by atoms with van der Waals surface area (Å²) in [5.74, 6) is 4.86. The Morgan fingerprint density at radius 3 is 2.73 bits per heavy atom. The number of rotatable bonds is 4. The standard InChI is InChI=1S/C9H19N3O3/c1-15-6-8(9(14)11-10)12-4-2-7(13)3-5-12/h7-8,13H,2-6,10H2,1H3,(H,11,14). The molecule has 1 rings (SSSR count). The Balaban J connectivity index is 2.51. The van der Waals surface area contributed by atoms with Crippen molar-refractivity contribution in [1.82, 2.24) is 10.3 Å². The van der Waals surface area contributed by atoms with Crippen molar-refractivity contribution in [2.75, 3.05) is 26.8 Å². The molecule has 1 fully saturated rings. The minimum atomic E-state index is -0.354. The molecular formula is C9H19N3O3. The molecule has 15 heavy (non-hydrogen) atoms. The van der Waals surface area contributed by atoms with Crippen LogP contribution in [0.1, 0.15) is 12.8 Å². The zero-order valence-electron chi connectivity index (χ0n) is 8.98. The number of ether oxygens (including phenoxy) is 1. The van der Waals surface area contributed by atoms with Crippen LogP contribution in [0.4, 0.5) is 0 Å². The number of carbonyl (C=O) groups excluding carboxylic acids is 1. The van der Waals surface area contributed by atoms with Crippen LogP contribution in [0.5, 0.6) is 0 Å². The normalized spacial score (nSPS) is 21.3. The molecule has 6 nitrogen and oxygen atoms in total. The molecule has 4 N–H and O–H groups in total. The van der Waals surface area contributed by atoms with Crippen LogP contribution in [0.25, 0.3) is 0 Å². The molecule has 1 amide bonds. The van der Waals surface area contributed by atoms with Gasteiger partial charge in [0.1, 0.15) is 6.04 Å². The number of amides is 1. The first-order valence-electron chi connectivity index (χ1n) is 5.10. The number of likely N-dealkylation sites (tertiary alicyclic amines) is 1. The predicted molar refractivity (Wildman–Crippen MR) is 54.8 cm³/mol. The number of carbonyl (C=O) groups is 1. The molecular weight excluding hydrogens is 198 g/mol. The van der Waals surface area contributed by atoms with Crippen LogP contribution in [-0.4, -0.2) is 54.9 Å². The van der Waals surface area contributed by atoms with Gasteiger partial charge < -0.3 is 9.84 Å². The summed E-state index contributed by atoms with van der Waals surface area (Å²) in [5, 5.41) is 9.35. The van der Waals surface area contributed by atoms with E-state index < -0.39 is 0 Å². The van der Waals surface area contributed by atoms with E-state index in [0.29, 0.717) is 32.5 Å². The van der Waals surface area contributed by atoms with Crippen molar-refractivity contribution >= 4 is 5.91 Å². The van der Waals surface area contributed by atoms with Crippen molar-refractivity contribution in [3.63, 3.8) is 0 Å². The molecule has 0 aromatic carbocycles. The second-order valence-corrected chi connectivity index (χ2v) is 3.75. The van der Waals surface area contributed by atoms with Crippen LogP contribution < -0.4 is 11.3 Å². The second kappa shape index (κ2) is 6.02. The van der Waals surface area contributed by atoms with Crippen LogP contribution in [0.2, 0.25) is 0 Å². The Labute approximate surface area is 89.3 Å². The monoisotopic (exact) mass is 217 g/mol. The topological polar surface area (TPSA) is 87.8 Å². The van der Waals surface area contributed by atoms with E-state index in [0.717, 1.165) is 0 Å². The smallest absolute Gasteiger partial charge is 0.253 e. The predicted octanol–water partition coefficient (Wildman–Crippen LogP) is -1.55. The fraction of sp³-hybridized carbons (Fsp3) is 0.889. The summed E-state index contributed by atoms with van der Waals surface area (Å²) in [4.78, 5) is 13.4. The van der Waals surface area contributed by atoms with Gasteiger partial charge in [-0.15, -0.1) is 0 Å². The lowest BCUT2D eigenvalue weighted by Crippen LogP contribution is -2.54. The highest BCUT2D eigenvalue weighted by Gasteiger charge is 2.28. The molecule has 0 aliphatic carbocycles. The van der Waals surface area contributed by atoms with E-state index in [1.165, 1.54) is 0 Å². The maximum absolute atomic E-state index is 11.5. The fourth-order valence-corrected chi connectivity index (χ4v) is 1.80. The van der Waals surface area contributed by atoms with E-state index in [4.69, 9.17) is 10.6 Å². The van der Waals surface area contributed by atoms with Gasteiger partial charge in [0.2, 0.25) is 0 Å². The van der Waals surface area contributed by atoms with Crippen LogP contribution in [0.15, 0.2) is 0 Å². The molecule has 0 aromatic rings. The van der Waals surface area contributed by atoms with Gasteiger partial charge in [0.25, 0.3) is 5.91 Å². The van der Waals surface area contributed by atoms with E-state index >= 15 is 0 Å². The highest BCUT2D eigenvalue weighted by Crippen LogP contribution is 2.13. The van der Waals surface area contributed by atoms with Gasteiger partial charge in [-0.2, -0.15) is 0 Å². The third-order valence-electron chi connectivity index (χ3n) is 2.71. The lowest BCUT2D eigenvalue weighted by atomic mass is 10.1. The van der Waals surface area contributed by atoms with E-state index in [-0.39, 0.29) is 18.1 Å². The summed E-state index contributed by atoms with van der Waals surface area (Å²) in [6.45, 7) is 1.71.